The fourth-order valence-electron chi connectivity index (χ4n) is 3.53. The number of benzene rings is 2. The number of rotatable bonds is 3. The Morgan fingerprint density at radius 2 is 1.73 bits per heavy atom. The topological polar surface area (TPSA) is 65.6 Å². The third-order valence-electron chi connectivity index (χ3n) is 5.12. The maximum atomic E-state index is 14.9. The van der Waals surface area contributed by atoms with Crippen LogP contribution in [0.1, 0.15) is 5.56 Å². The number of fused-ring (bicyclic) bond motifs is 2. The van der Waals surface area contributed by atoms with Crippen LogP contribution in [0, 0.1) is 11.6 Å². The van der Waals surface area contributed by atoms with Gasteiger partial charge in [-0.2, -0.15) is 0 Å². The summed E-state index contributed by atoms with van der Waals surface area (Å²) in [5.74, 6) is -1.47. The van der Waals surface area contributed by atoms with Crippen LogP contribution in [0.25, 0.3) is 33.3 Å². The monoisotopic (exact) mass is 403 g/mol. The zero-order chi connectivity index (χ0) is 20.8. The summed E-state index contributed by atoms with van der Waals surface area (Å²) in [4.78, 5) is 24.7. The van der Waals surface area contributed by atoms with E-state index in [0.29, 0.717) is 16.6 Å². The minimum absolute atomic E-state index is 0.208. The van der Waals surface area contributed by atoms with E-state index in [9.17, 15) is 13.6 Å². The van der Waals surface area contributed by atoms with Crippen molar-refractivity contribution in [2.24, 2.45) is 7.05 Å². The van der Waals surface area contributed by atoms with E-state index in [0.717, 1.165) is 17.2 Å². The van der Waals surface area contributed by atoms with E-state index in [4.69, 9.17) is 0 Å². The molecular formula is C22H15F2N5O. The molecule has 8 heteroatoms. The number of hydrogen-bond acceptors (Lipinski definition) is 4. The van der Waals surface area contributed by atoms with Gasteiger partial charge in [0.15, 0.2) is 5.65 Å². The molecule has 148 valence electrons. The highest BCUT2D eigenvalue weighted by Crippen LogP contribution is 2.27. The summed E-state index contributed by atoms with van der Waals surface area (Å²) in [6.07, 6.45) is 4.31. The van der Waals surface area contributed by atoms with Crippen molar-refractivity contribution in [3.8, 4) is 11.1 Å². The number of pyridine rings is 1. The molecule has 0 unspecified atom stereocenters. The van der Waals surface area contributed by atoms with Crippen molar-refractivity contribution in [1.82, 2.24) is 24.1 Å². The number of aromatic nitrogens is 5. The van der Waals surface area contributed by atoms with Crippen molar-refractivity contribution < 1.29 is 8.78 Å². The summed E-state index contributed by atoms with van der Waals surface area (Å²) in [5.41, 5.74) is 2.79. The van der Waals surface area contributed by atoms with Gasteiger partial charge in [0.2, 0.25) is 0 Å². The van der Waals surface area contributed by atoms with Gasteiger partial charge < -0.3 is 4.57 Å². The van der Waals surface area contributed by atoms with Gasteiger partial charge in [0.05, 0.1) is 30.1 Å². The zero-order valence-corrected chi connectivity index (χ0v) is 15.9. The molecule has 30 heavy (non-hydrogen) atoms. The molecule has 0 fully saturated rings. The van der Waals surface area contributed by atoms with Crippen LogP contribution < -0.4 is 5.56 Å². The summed E-state index contributed by atoms with van der Waals surface area (Å²) in [7, 11) is 1.86. The van der Waals surface area contributed by atoms with Crippen LogP contribution in [0.3, 0.4) is 0 Å². The molecule has 0 amide bonds. The van der Waals surface area contributed by atoms with Gasteiger partial charge in [-0.05, 0) is 47.5 Å². The minimum Gasteiger partial charge on any atom is -0.334 e. The lowest BCUT2D eigenvalue weighted by Crippen LogP contribution is -2.23. The fourth-order valence-corrected chi connectivity index (χ4v) is 3.53. The smallest absolute Gasteiger partial charge is 0.270 e. The molecule has 5 aromatic rings. The number of nitrogens with zero attached hydrogens (tertiary/aromatic N) is 5. The Kier molecular flexibility index (Phi) is 4.13. The first-order chi connectivity index (χ1) is 14.5. The fraction of sp³-hybridized carbons (Fsp3) is 0.0909. The maximum Gasteiger partial charge on any atom is 0.270 e. The van der Waals surface area contributed by atoms with Gasteiger partial charge in [-0.15, -0.1) is 0 Å². The molecule has 0 radical (unpaired) electrons. The molecule has 0 spiro atoms. The third-order valence-corrected chi connectivity index (χ3v) is 5.12. The second-order valence-corrected chi connectivity index (χ2v) is 7.01. The van der Waals surface area contributed by atoms with Crippen molar-refractivity contribution in [2.75, 3.05) is 0 Å². The summed E-state index contributed by atoms with van der Waals surface area (Å²) >= 11 is 0. The minimum atomic E-state index is -0.733. The highest BCUT2D eigenvalue weighted by molar-refractivity contribution is 5.82. The first kappa shape index (κ1) is 18.1. The number of hydrogen-bond donors (Lipinski definition) is 0. The summed E-state index contributed by atoms with van der Waals surface area (Å²) in [6, 6.07) is 11.3. The average molecular weight is 403 g/mol. The van der Waals surface area contributed by atoms with Gasteiger partial charge in [-0.3, -0.25) is 9.36 Å². The van der Waals surface area contributed by atoms with Gasteiger partial charge in [0.1, 0.15) is 17.2 Å². The van der Waals surface area contributed by atoms with Crippen LogP contribution in [0.4, 0.5) is 8.78 Å². The molecule has 0 atom stereocenters. The Hall–Kier alpha value is -3.94. The van der Waals surface area contributed by atoms with Crippen LogP contribution in [0.5, 0.6) is 0 Å². The molecular weight excluding hydrogens is 388 g/mol. The first-order valence-corrected chi connectivity index (χ1v) is 9.21. The van der Waals surface area contributed by atoms with E-state index >= 15 is 0 Å². The SMILES string of the molecule is Cn1cnc2ccc(-c3cc(F)c(Cn4c(=O)cnc5cccnc54)c(F)c3)cc21. The zero-order valence-electron chi connectivity index (χ0n) is 15.9. The second kappa shape index (κ2) is 6.84. The highest BCUT2D eigenvalue weighted by Gasteiger charge is 2.16. The Labute approximate surface area is 169 Å². The van der Waals surface area contributed by atoms with Crippen molar-refractivity contribution in [3.63, 3.8) is 0 Å². The average Bonchev–Trinajstić information content (AvgIpc) is 3.12. The van der Waals surface area contributed by atoms with Gasteiger partial charge >= 0.3 is 0 Å². The first-order valence-electron chi connectivity index (χ1n) is 9.21. The van der Waals surface area contributed by atoms with Crippen LogP contribution in [0.15, 0.2) is 66.0 Å². The summed E-state index contributed by atoms with van der Waals surface area (Å²) < 4.78 is 32.9. The molecule has 0 saturated heterocycles. The molecule has 0 saturated carbocycles. The molecule has 5 rings (SSSR count). The Bertz CT molecular complexity index is 1470. The molecule has 0 N–H and O–H groups in total. The third kappa shape index (κ3) is 2.93. The maximum absolute atomic E-state index is 14.9. The van der Waals surface area contributed by atoms with Gasteiger partial charge in [-0.25, -0.2) is 23.7 Å². The highest BCUT2D eigenvalue weighted by atomic mass is 19.1. The molecule has 3 aromatic heterocycles. The van der Waals surface area contributed by atoms with Crippen LogP contribution in [-0.2, 0) is 13.6 Å². The van der Waals surface area contributed by atoms with Crippen molar-refractivity contribution in [2.45, 2.75) is 6.54 Å². The number of halogens is 2. The Morgan fingerprint density at radius 3 is 2.53 bits per heavy atom. The molecule has 0 bridgehead atoms. The standard InChI is InChI=1S/C22H15F2N5O/c1-28-12-27-18-5-4-13(9-20(18)28)14-7-16(23)15(17(24)8-14)11-29-21(30)10-26-19-3-2-6-25-22(19)29/h2-10,12H,11H2,1H3. The normalized spacial score (nSPS) is 11.4. The van der Waals surface area contributed by atoms with E-state index in [1.807, 2.05) is 23.7 Å². The van der Waals surface area contributed by atoms with Gasteiger partial charge in [0.25, 0.3) is 5.56 Å². The molecule has 2 aromatic carbocycles. The van der Waals surface area contributed by atoms with E-state index in [2.05, 4.69) is 15.0 Å². The summed E-state index contributed by atoms with van der Waals surface area (Å²) in [5, 5.41) is 0. The molecule has 6 nitrogen and oxygen atoms in total. The molecule has 0 aliphatic heterocycles. The number of aryl methyl sites for hydroxylation is 1. The Morgan fingerprint density at radius 1 is 0.933 bits per heavy atom. The molecule has 0 aliphatic rings. The molecule has 0 aliphatic carbocycles. The van der Waals surface area contributed by atoms with E-state index in [-0.39, 0.29) is 17.8 Å². The van der Waals surface area contributed by atoms with Crippen molar-refractivity contribution in [3.05, 3.63) is 88.7 Å². The summed E-state index contributed by atoms with van der Waals surface area (Å²) in [6.45, 7) is -0.284. The lowest BCUT2D eigenvalue weighted by Gasteiger charge is -2.12. The van der Waals surface area contributed by atoms with Gasteiger partial charge in [-0.1, -0.05) is 6.07 Å². The van der Waals surface area contributed by atoms with Crippen LogP contribution in [-0.4, -0.2) is 24.1 Å². The quantitative estimate of drug-likeness (QED) is 0.461. The Balaban J connectivity index is 1.59. The molecule has 3 heterocycles. The second-order valence-electron chi connectivity index (χ2n) is 7.01. The lowest BCUT2D eigenvalue weighted by atomic mass is 10.0. The van der Waals surface area contributed by atoms with Crippen molar-refractivity contribution >= 4 is 22.2 Å². The predicted octanol–water partition coefficient (Wildman–Crippen LogP) is 3.67. The van der Waals surface area contributed by atoms with Crippen LogP contribution >= 0.6 is 0 Å². The van der Waals surface area contributed by atoms with Gasteiger partial charge in [0, 0.05) is 18.8 Å². The van der Waals surface area contributed by atoms with E-state index < -0.39 is 17.2 Å². The number of imidazole rings is 1. The van der Waals surface area contributed by atoms with E-state index in [1.54, 1.807) is 24.5 Å². The van der Waals surface area contributed by atoms with Crippen LogP contribution in [0.2, 0.25) is 0 Å². The van der Waals surface area contributed by atoms with E-state index in [1.165, 1.54) is 22.9 Å². The predicted molar refractivity (Wildman–Crippen MR) is 109 cm³/mol. The largest absolute Gasteiger partial charge is 0.334 e. The lowest BCUT2D eigenvalue weighted by molar-refractivity contribution is 0.544. The van der Waals surface area contributed by atoms with Crippen molar-refractivity contribution in [1.29, 1.82) is 0 Å².